The first-order valence-electron chi connectivity index (χ1n) is 4.99. The monoisotopic (exact) mass is 237 g/mol. The molecule has 0 atom stereocenters. The zero-order chi connectivity index (χ0) is 12.7. The smallest absolute Gasteiger partial charge is 0.345 e. The van der Waals surface area contributed by atoms with Crippen molar-refractivity contribution in [3.8, 4) is 5.75 Å². The molecule has 2 heterocycles. The van der Waals surface area contributed by atoms with Crippen LogP contribution in [0.4, 0.5) is 0 Å². The van der Waals surface area contributed by atoms with E-state index in [4.69, 9.17) is 5.11 Å². The summed E-state index contributed by atoms with van der Waals surface area (Å²) in [6.07, 6.45) is 1.33. The van der Waals surface area contributed by atoms with Crippen molar-refractivity contribution < 1.29 is 15.0 Å². The van der Waals surface area contributed by atoms with Gasteiger partial charge in [-0.25, -0.2) is 9.48 Å². The number of aromatic amines is 1. The minimum atomic E-state index is -1.47. The molecule has 7 nitrogen and oxygen atoms in total. The summed E-state index contributed by atoms with van der Waals surface area (Å²) in [4.78, 5) is 24.8. The molecule has 0 saturated carbocycles. The van der Waals surface area contributed by atoms with Gasteiger partial charge in [0.15, 0.2) is 5.56 Å². The van der Waals surface area contributed by atoms with E-state index < -0.39 is 22.8 Å². The summed E-state index contributed by atoms with van der Waals surface area (Å²) in [7, 11) is 0. The lowest BCUT2D eigenvalue weighted by Crippen LogP contribution is -2.18. The molecule has 3 N–H and O–H groups in total. The van der Waals surface area contributed by atoms with Gasteiger partial charge in [0.25, 0.3) is 5.56 Å². The maximum absolute atomic E-state index is 11.5. The number of aromatic nitrogens is 3. The molecular formula is C10H11N3O4. The Hall–Kier alpha value is -2.31. The Bertz CT molecular complexity index is 653. The molecule has 0 bridgehead atoms. The van der Waals surface area contributed by atoms with Gasteiger partial charge in [-0.15, -0.1) is 0 Å². The summed E-state index contributed by atoms with van der Waals surface area (Å²) in [5.41, 5.74) is -1.20. The number of carboxylic acid groups (broad SMARTS) is 1. The first kappa shape index (κ1) is 11.2. The number of aromatic hydroxyl groups is 1. The zero-order valence-corrected chi connectivity index (χ0v) is 9.26. The molecule has 0 aromatic carbocycles. The van der Waals surface area contributed by atoms with Crippen molar-refractivity contribution in [3.63, 3.8) is 0 Å². The van der Waals surface area contributed by atoms with Gasteiger partial charge in [-0.1, -0.05) is 0 Å². The number of pyridine rings is 1. The molecule has 90 valence electrons. The number of hydrogen-bond donors (Lipinski definition) is 3. The van der Waals surface area contributed by atoms with Crippen molar-refractivity contribution >= 4 is 17.0 Å². The van der Waals surface area contributed by atoms with E-state index in [-0.39, 0.29) is 11.4 Å². The summed E-state index contributed by atoms with van der Waals surface area (Å²) in [6.45, 7) is 3.71. The maximum atomic E-state index is 11.5. The van der Waals surface area contributed by atoms with Crippen molar-refractivity contribution in [2.75, 3.05) is 0 Å². The van der Waals surface area contributed by atoms with Crippen molar-refractivity contribution in [2.45, 2.75) is 19.9 Å². The normalized spacial score (nSPS) is 11.2. The van der Waals surface area contributed by atoms with Crippen LogP contribution in [0.15, 0.2) is 11.0 Å². The Kier molecular flexibility index (Phi) is 2.38. The van der Waals surface area contributed by atoms with Gasteiger partial charge in [-0.3, -0.25) is 4.79 Å². The second-order valence-electron chi connectivity index (χ2n) is 3.93. The minimum Gasteiger partial charge on any atom is -0.506 e. The summed E-state index contributed by atoms with van der Waals surface area (Å²) < 4.78 is 1.50. The molecule has 2 aromatic rings. The number of nitrogens with one attached hydrogen (secondary N) is 1. The summed E-state index contributed by atoms with van der Waals surface area (Å²) >= 11 is 0. The molecule has 0 aliphatic heterocycles. The predicted octanol–water partition coefficient (Wildman–Crippen LogP) is 0.709. The molecule has 0 radical (unpaired) electrons. The number of hydrogen-bond acceptors (Lipinski definition) is 4. The van der Waals surface area contributed by atoms with Gasteiger partial charge < -0.3 is 15.2 Å². The lowest BCUT2D eigenvalue weighted by Gasteiger charge is -2.07. The number of fused-ring (bicyclic) bond motifs is 1. The Labute approximate surface area is 95.3 Å². The standard InChI is InChI=1S/C10H11N3O4/c1-4(2)13-8-5(3-11-13)7(14)6(10(16)17)9(15)12-8/h3-4H,1-2H3,(H,16,17)(H2,12,14,15). The minimum absolute atomic E-state index is 0.0155. The SMILES string of the molecule is CC(C)n1ncc2c(O)c(C(=O)O)c(=O)[nH]c21. The molecule has 0 spiro atoms. The van der Waals surface area contributed by atoms with Crippen molar-refractivity contribution in [3.05, 3.63) is 22.1 Å². The molecule has 2 rings (SSSR count). The molecule has 0 unspecified atom stereocenters. The third-order valence-electron chi connectivity index (χ3n) is 2.45. The van der Waals surface area contributed by atoms with Gasteiger partial charge in [0, 0.05) is 6.04 Å². The Morgan fingerprint density at radius 2 is 2.18 bits per heavy atom. The second-order valence-corrected chi connectivity index (χ2v) is 3.93. The highest BCUT2D eigenvalue weighted by Gasteiger charge is 2.20. The molecule has 17 heavy (non-hydrogen) atoms. The largest absolute Gasteiger partial charge is 0.506 e. The van der Waals surface area contributed by atoms with Gasteiger partial charge >= 0.3 is 5.97 Å². The molecule has 0 aliphatic carbocycles. The molecule has 7 heteroatoms. The number of rotatable bonds is 2. The van der Waals surface area contributed by atoms with E-state index in [2.05, 4.69) is 10.1 Å². The van der Waals surface area contributed by atoms with Crippen LogP contribution in [0.1, 0.15) is 30.2 Å². The van der Waals surface area contributed by atoms with Gasteiger partial charge in [0.2, 0.25) is 0 Å². The predicted molar refractivity (Wildman–Crippen MR) is 59.4 cm³/mol. The maximum Gasteiger partial charge on any atom is 0.345 e. The highest BCUT2D eigenvalue weighted by molar-refractivity contribution is 5.97. The Morgan fingerprint density at radius 1 is 1.53 bits per heavy atom. The van der Waals surface area contributed by atoms with Crippen LogP contribution in [0.2, 0.25) is 0 Å². The first-order chi connectivity index (χ1) is 7.93. The van der Waals surface area contributed by atoms with Gasteiger partial charge in [0.1, 0.15) is 11.4 Å². The molecule has 0 aliphatic rings. The fourth-order valence-corrected chi connectivity index (χ4v) is 1.66. The lowest BCUT2D eigenvalue weighted by atomic mass is 10.2. The van der Waals surface area contributed by atoms with E-state index in [1.54, 1.807) is 0 Å². The van der Waals surface area contributed by atoms with Crippen LogP contribution < -0.4 is 5.56 Å². The third kappa shape index (κ3) is 1.55. The van der Waals surface area contributed by atoms with Crippen LogP contribution in [-0.2, 0) is 0 Å². The third-order valence-corrected chi connectivity index (χ3v) is 2.45. The van der Waals surface area contributed by atoms with Crippen molar-refractivity contribution in [2.24, 2.45) is 0 Å². The van der Waals surface area contributed by atoms with E-state index >= 15 is 0 Å². The molecule has 0 fully saturated rings. The topological polar surface area (TPSA) is 108 Å². The molecule has 0 amide bonds. The summed E-state index contributed by atoms with van der Waals surface area (Å²) in [5.74, 6) is -2.02. The average molecular weight is 237 g/mol. The van der Waals surface area contributed by atoms with E-state index in [0.717, 1.165) is 0 Å². The van der Waals surface area contributed by atoms with E-state index in [9.17, 15) is 14.7 Å². The number of nitrogens with zero attached hydrogens (tertiary/aromatic N) is 2. The molecular weight excluding hydrogens is 226 g/mol. The highest BCUT2D eigenvalue weighted by atomic mass is 16.4. The zero-order valence-electron chi connectivity index (χ0n) is 9.26. The second kappa shape index (κ2) is 3.62. The average Bonchev–Trinajstić information content (AvgIpc) is 2.60. The van der Waals surface area contributed by atoms with Gasteiger partial charge in [0.05, 0.1) is 11.6 Å². The van der Waals surface area contributed by atoms with Gasteiger partial charge in [-0.2, -0.15) is 5.10 Å². The van der Waals surface area contributed by atoms with Crippen LogP contribution in [0, 0.1) is 0 Å². The van der Waals surface area contributed by atoms with E-state index in [0.29, 0.717) is 5.65 Å². The van der Waals surface area contributed by atoms with E-state index in [1.165, 1.54) is 10.9 Å². The number of aromatic carboxylic acids is 1. The first-order valence-corrected chi connectivity index (χ1v) is 4.99. The summed E-state index contributed by atoms with van der Waals surface area (Å²) in [6, 6.07) is -0.0155. The van der Waals surface area contributed by atoms with E-state index in [1.807, 2.05) is 13.8 Å². The fourth-order valence-electron chi connectivity index (χ4n) is 1.66. The van der Waals surface area contributed by atoms with Crippen LogP contribution in [0.5, 0.6) is 5.75 Å². The number of H-pyrrole nitrogens is 1. The van der Waals surface area contributed by atoms with Crippen LogP contribution in [0.3, 0.4) is 0 Å². The van der Waals surface area contributed by atoms with Crippen LogP contribution in [0.25, 0.3) is 11.0 Å². The van der Waals surface area contributed by atoms with Gasteiger partial charge in [-0.05, 0) is 13.8 Å². The Balaban J connectivity index is 2.88. The lowest BCUT2D eigenvalue weighted by molar-refractivity contribution is 0.0692. The van der Waals surface area contributed by atoms with Crippen LogP contribution >= 0.6 is 0 Å². The molecule has 0 saturated heterocycles. The number of carbonyl (C=O) groups is 1. The fraction of sp³-hybridized carbons (Fsp3) is 0.300. The summed E-state index contributed by atoms with van der Waals surface area (Å²) in [5, 5.41) is 22.8. The molecule has 2 aromatic heterocycles. The number of carboxylic acids is 1. The van der Waals surface area contributed by atoms with Crippen molar-refractivity contribution in [1.82, 2.24) is 14.8 Å². The van der Waals surface area contributed by atoms with Crippen molar-refractivity contribution in [1.29, 1.82) is 0 Å². The highest BCUT2D eigenvalue weighted by Crippen LogP contribution is 2.25. The Morgan fingerprint density at radius 3 is 2.71 bits per heavy atom. The van der Waals surface area contributed by atoms with Crippen LogP contribution in [-0.4, -0.2) is 30.9 Å². The quantitative estimate of drug-likeness (QED) is 0.712.